The van der Waals surface area contributed by atoms with Crippen LogP contribution in [0, 0.1) is 0 Å². The normalized spacial score (nSPS) is 27.1. The molecule has 2 rings (SSSR count). The Kier molecular flexibility index (Phi) is 5.53. The van der Waals surface area contributed by atoms with E-state index in [1.54, 1.807) is 6.92 Å². The summed E-state index contributed by atoms with van der Waals surface area (Å²) in [5.41, 5.74) is 0.605. The zero-order valence-corrected chi connectivity index (χ0v) is 12.5. The summed E-state index contributed by atoms with van der Waals surface area (Å²) in [5, 5.41) is 19.7. The maximum atomic E-state index is 11.8. The van der Waals surface area contributed by atoms with Gasteiger partial charge in [0.2, 0.25) is 0 Å². The quantitative estimate of drug-likeness (QED) is 0.728. The second-order valence-corrected chi connectivity index (χ2v) is 6.03. The van der Waals surface area contributed by atoms with Crippen LogP contribution < -0.4 is 0 Å². The Morgan fingerprint density at radius 1 is 1.33 bits per heavy atom. The van der Waals surface area contributed by atoms with Crippen LogP contribution in [0.25, 0.3) is 0 Å². The van der Waals surface area contributed by atoms with E-state index in [1.165, 1.54) is 0 Å². The van der Waals surface area contributed by atoms with Gasteiger partial charge in [0.25, 0.3) is 0 Å². The summed E-state index contributed by atoms with van der Waals surface area (Å²) >= 11 is 0. The van der Waals surface area contributed by atoms with Gasteiger partial charge in [0.15, 0.2) is 5.78 Å². The number of unbranched alkanes of at least 4 members (excludes halogenated alkanes) is 1. The van der Waals surface area contributed by atoms with E-state index < -0.39 is 12.2 Å². The lowest BCUT2D eigenvalue weighted by atomic mass is 9.87. The Morgan fingerprint density at radius 2 is 2.10 bits per heavy atom. The van der Waals surface area contributed by atoms with Crippen LogP contribution in [0.2, 0.25) is 0 Å². The smallest absolute Gasteiger partial charge is 0.190 e. The molecule has 0 radical (unpaired) electrons. The number of Topliss-reactive ketones (excluding diaryl/α,β-unsaturated/α-hetero) is 2. The third kappa shape index (κ3) is 4.14. The fraction of sp³-hybridized carbons (Fsp3) is 0.750. The van der Waals surface area contributed by atoms with E-state index in [9.17, 15) is 19.8 Å². The molecule has 118 valence electrons. The molecule has 0 fully saturated rings. The number of ether oxygens (including phenoxy) is 1. The highest BCUT2D eigenvalue weighted by atomic mass is 16.5. The van der Waals surface area contributed by atoms with E-state index in [0.717, 1.165) is 12.8 Å². The predicted molar refractivity (Wildman–Crippen MR) is 76.5 cm³/mol. The lowest BCUT2D eigenvalue weighted by molar-refractivity contribution is -0.126. The second kappa shape index (κ2) is 7.18. The van der Waals surface area contributed by atoms with Crippen LogP contribution in [0.3, 0.4) is 0 Å². The Labute approximate surface area is 125 Å². The summed E-state index contributed by atoms with van der Waals surface area (Å²) < 4.78 is 5.78. The molecule has 1 aliphatic carbocycles. The molecule has 0 bridgehead atoms. The highest BCUT2D eigenvalue weighted by Crippen LogP contribution is 2.34. The summed E-state index contributed by atoms with van der Waals surface area (Å²) in [4.78, 5) is 22.7. The first kappa shape index (κ1) is 16.2. The van der Waals surface area contributed by atoms with Crippen molar-refractivity contribution in [1.29, 1.82) is 0 Å². The van der Waals surface area contributed by atoms with Crippen molar-refractivity contribution < 1.29 is 24.5 Å². The summed E-state index contributed by atoms with van der Waals surface area (Å²) in [5.74, 6) is 0.613. The summed E-state index contributed by atoms with van der Waals surface area (Å²) in [6, 6.07) is 0. The Bertz CT molecular complexity index is 440. The zero-order chi connectivity index (χ0) is 15.4. The Balaban J connectivity index is 1.83. The molecule has 2 aliphatic rings. The molecule has 0 amide bonds. The third-order valence-corrected chi connectivity index (χ3v) is 4.26. The minimum absolute atomic E-state index is 0.174. The molecule has 1 heterocycles. The molecular formula is C16H24O5. The van der Waals surface area contributed by atoms with Crippen LogP contribution in [0.1, 0.15) is 58.3 Å². The van der Waals surface area contributed by atoms with Gasteiger partial charge in [0.1, 0.15) is 23.8 Å². The van der Waals surface area contributed by atoms with Crippen molar-refractivity contribution in [3.8, 4) is 0 Å². The van der Waals surface area contributed by atoms with Gasteiger partial charge in [-0.1, -0.05) is 6.42 Å². The molecular weight excluding hydrogens is 272 g/mol. The monoisotopic (exact) mass is 296 g/mol. The summed E-state index contributed by atoms with van der Waals surface area (Å²) in [6.07, 6.45) is 3.16. The molecule has 1 aliphatic heterocycles. The van der Waals surface area contributed by atoms with Crippen molar-refractivity contribution in [2.75, 3.05) is 0 Å². The molecule has 0 saturated heterocycles. The lowest BCUT2D eigenvalue weighted by Crippen LogP contribution is -2.37. The molecule has 0 aromatic rings. The van der Waals surface area contributed by atoms with Crippen LogP contribution >= 0.6 is 0 Å². The second-order valence-electron chi connectivity index (χ2n) is 6.03. The first-order chi connectivity index (χ1) is 9.99. The number of aliphatic hydroxyl groups excluding tert-OH is 2. The SMILES string of the molecule is CC(=O)CCCC[C@@H](O)[C@@H]1CCC2=C(CC[C@H](O)C2=O)O1. The molecule has 0 spiro atoms. The standard InChI is InChI=1S/C16H24O5/c1-10(17)4-2-3-5-12(18)15-8-6-11-14(21-15)9-7-13(19)16(11)20/h12-13,15,18-19H,2-9H2,1H3/t12-,13+,15+/m1/s1. The van der Waals surface area contributed by atoms with Gasteiger partial charge in [-0.15, -0.1) is 0 Å². The molecule has 3 atom stereocenters. The molecule has 0 aromatic carbocycles. The fourth-order valence-electron chi connectivity index (χ4n) is 2.99. The third-order valence-electron chi connectivity index (χ3n) is 4.26. The maximum absolute atomic E-state index is 11.8. The van der Waals surface area contributed by atoms with Gasteiger partial charge in [0.05, 0.1) is 6.10 Å². The van der Waals surface area contributed by atoms with Gasteiger partial charge >= 0.3 is 0 Å². The number of ketones is 2. The van der Waals surface area contributed by atoms with Crippen molar-refractivity contribution >= 4 is 11.6 Å². The van der Waals surface area contributed by atoms with Crippen molar-refractivity contribution in [2.24, 2.45) is 0 Å². The van der Waals surface area contributed by atoms with E-state index in [1.807, 2.05) is 0 Å². The van der Waals surface area contributed by atoms with Crippen molar-refractivity contribution in [1.82, 2.24) is 0 Å². The van der Waals surface area contributed by atoms with Gasteiger partial charge in [-0.05, 0) is 39.0 Å². The predicted octanol–water partition coefficient (Wildman–Crippen LogP) is 1.65. The average molecular weight is 296 g/mol. The molecule has 5 heteroatoms. The molecule has 0 aromatic heterocycles. The van der Waals surface area contributed by atoms with E-state index in [4.69, 9.17) is 4.74 Å². The minimum Gasteiger partial charge on any atom is -0.492 e. The van der Waals surface area contributed by atoms with Gasteiger partial charge < -0.3 is 19.7 Å². The number of allylic oxidation sites excluding steroid dienone is 1. The summed E-state index contributed by atoms with van der Waals surface area (Å²) in [6.45, 7) is 1.57. The Hall–Kier alpha value is -1.20. The lowest BCUT2D eigenvalue weighted by Gasteiger charge is -2.34. The van der Waals surface area contributed by atoms with Gasteiger partial charge in [-0.25, -0.2) is 0 Å². The fourth-order valence-corrected chi connectivity index (χ4v) is 2.99. The number of rotatable bonds is 6. The van der Waals surface area contributed by atoms with Crippen LogP contribution in [-0.2, 0) is 14.3 Å². The van der Waals surface area contributed by atoms with E-state index >= 15 is 0 Å². The first-order valence-corrected chi connectivity index (χ1v) is 7.77. The first-order valence-electron chi connectivity index (χ1n) is 7.77. The maximum Gasteiger partial charge on any atom is 0.190 e. The van der Waals surface area contributed by atoms with Crippen LogP contribution in [0.15, 0.2) is 11.3 Å². The van der Waals surface area contributed by atoms with E-state index in [0.29, 0.717) is 49.9 Å². The van der Waals surface area contributed by atoms with Gasteiger partial charge in [0, 0.05) is 18.4 Å². The number of carbonyl (C=O) groups is 2. The molecule has 2 N–H and O–H groups in total. The van der Waals surface area contributed by atoms with E-state index in [-0.39, 0.29) is 17.7 Å². The largest absolute Gasteiger partial charge is 0.492 e. The highest BCUT2D eigenvalue weighted by molar-refractivity contribution is 6.00. The Morgan fingerprint density at radius 3 is 2.81 bits per heavy atom. The van der Waals surface area contributed by atoms with Crippen LogP contribution in [0.4, 0.5) is 0 Å². The average Bonchev–Trinajstić information content (AvgIpc) is 2.46. The highest BCUT2D eigenvalue weighted by Gasteiger charge is 2.35. The number of hydrogen-bond acceptors (Lipinski definition) is 5. The molecule has 0 unspecified atom stereocenters. The zero-order valence-electron chi connectivity index (χ0n) is 12.5. The topological polar surface area (TPSA) is 83.8 Å². The number of carbonyl (C=O) groups excluding carboxylic acids is 2. The van der Waals surface area contributed by atoms with E-state index in [2.05, 4.69) is 0 Å². The van der Waals surface area contributed by atoms with Crippen LogP contribution in [0.5, 0.6) is 0 Å². The number of hydrogen-bond donors (Lipinski definition) is 2. The van der Waals surface area contributed by atoms with Crippen molar-refractivity contribution in [3.63, 3.8) is 0 Å². The van der Waals surface area contributed by atoms with Crippen molar-refractivity contribution in [2.45, 2.75) is 76.6 Å². The summed E-state index contributed by atoms with van der Waals surface area (Å²) in [7, 11) is 0. The van der Waals surface area contributed by atoms with Crippen molar-refractivity contribution in [3.05, 3.63) is 11.3 Å². The molecule has 0 saturated carbocycles. The molecule has 5 nitrogen and oxygen atoms in total. The van der Waals surface area contributed by atoms with Gasteiger partial charge in [-0.2, -0.15) is 0 Å². The van der Waals surface area contributed by atoms with Gasteiger partial charge in [-0.3, -0.25) is 4.79 Å². The molecule has 21 heavy (non-hydrogen) atoms. The minimum atomic E-state index is -0.889. The van der Waals surface area contributed by atoms with Crippen LogP contribution in [-0.4, -0.2) is 40.1 Å². The number of aliphatic hydroxyl groups is 2.